The van der Waals surface area contributed by atoms with E-state index in [0.717, 1.165) is 12.0 Å². The van der Waals surface area contributed by atoms with Crippen molar-refractivity contribution in [1.82, 2.24) is 4.90 Å². The summed E-state index contributed by atoms with van der Waals surface area (Å²) < 4.78 is 0. The Bertz CT molecular complexity index is 152. The van der Waals surface area contributed by atoms with Gasteiger partial charge < -0.3 is 0 Å². The predicted octanol–water partition coefficient (Wildman–Crippen LogP) is 2.13. The van der Waals surface area contributed by atoms with Crippen LogP contribution in [0.25, 0.3) is 0 Å². The van der Waals surface area contributed by atoms with E-state index in [1.807, 2.05) is 0 Å². The first kappa shape index (κ1) is 7.60. The summed E-state index contributed by atoms with van der Waals surface area (Å²) >= 11 is 0. The van der Waals surface area contributed by atoms with Crippen LogP contribution < -0.4 is 0 Å². The Labute approximate surface area is 69.8 Å². The minimum Gasteiger partial charge on any atom is -0.300 e. The Balaban J connectivity index is 1.85. The fraction of sp³-hybridized carbons (Fsp3) is 1.00. The van der Waals surface area contributed by atoms with Gasteiger partial charge in [-0.2, -0.15) is 0 Å². The van der Waals surface area contributed by atoms with Crippen LogP contribution in [0.1, 0.15) is 33.6 Å². The third kappa shape index (κ3) is 1.20. The van der Waals surface area contributed by atoms with E-state index in [0.29, 0.717) is 5.41 Å². The van der Waals surface area contributed by atoms with E-state index in [-0.39, 0.29) is 0 Å². The molecule has 11 heavy (non-hydrogen) atoms. The number of likely N-dealkylation sites (tertiary alicyclic amines) is 1. The summed E-state index contributed by atoms with van der Waals surface area (Å²) in [6.45, 7) is 9.77. The summed E-state index contributed by atoms with van der Waals surface area (Å²) in [5.74, 6) is 1.08. The monoisotopic (exact) mass is 153 g/mol. The van der Waals surface area contributed by atoms with Gasteiger partial charge in [-0.05, 0) is 38.0 Å². The lowest BCUT2D eigenvalue weighted by Gasteiger charge is -2.51. The van der Waals surface area contributed by atoms with Crippen molar-refractivity contribution >= 4 is 0 Å². The van der Waals surface area contributed by atoms with Gasteiger partial charge in [0, 0.05) is 19.1 Å². The quantitative estimate of drug-likeness (QED) is 0.587. The van der Waals surface area contributed by atoms with Gasteiger partial charge in [0.15, 0.2) is 0 Å². The zero-order chi connectivity index (χ0) is 8.06. The molecule has 0 unspecified atom stereocenters. The second kappa shape index (κ2) is 2.22. The molecule has 0 spiro atoms. The summed E-state index contributed by atoms with van der Waals surface area (Å²) in [5.41, 5.74) is 0.713. The van der Waals surface area contributed by atoms with Crippen LogP contribution in [-0.2, 0) is 0 Å². The molecule has 0 amide bonds. The minimum absolute atomic E-state index is 0.713. The smallest absolute Gasteiger partial charge is 0.00532 e. The molecule has 0 aromatic rings. The number of hydrogen-bond acceptors (Lipinski definition) is 1. The summed E-state index contributed by atoms with van der Waals surface area (Å²) in [6.07, 6.45) is 3.00. The molecule has 2 rings (SSSR count). The van der Waals surface area contributed by atoms with Gasteiger partial charge in [0.1, 0.15) is 0 Å². The van der Waals surface area contributed by atoms with Crippen LogP contribution in [-0.4, -0.2) is 24.0 Å². The second-order valence-corrected chi connectivity index (χ2v) is 4.93. The van der Waals surface area contributed by atoms with Gasteiger partial charge in [-0.1, -0.05) is 6.92 Å². The first-order valence-corrected chi connectivity index (χ1v) is 4.86. The summed E-state index contributed by atoms with van der Waals surface area (Å²) in [7, 11) is 0. The molecule has 1 heterocycles. The van der Waals surface area contributed by atoms with E-state index in [4.69, 9.17) is 0 Å². The molecule has 0 radical (unpaired) electrons. The molecule has 1 aliphatic carbocycles. The zero-order valence-electron chi connectivity index (χ0n) is 7.93. The van der Waals surface area contributed by atoms with Crippen molar-refractivity contribution in [3.05, 3.63) is 0 Å². The van der Waals surface area contributed by atoms with Crippen molar-refractivity contribution < 1.29 is 0 Å². The SMILES string of the molecule is CC(C)N1CC(C)(C2CC2)C1. The van der Waals surface area contributed by atoms with Gasteiger partial charge in [0.2, 0.25) is 0 Å². The fourth-order valence-corrected chi connectivity index (χ4v) is 2.29. The van der Waals surface area contributed by atoms with Crippen LogP contribution in [0.4, 0.5) is 0 Å². The van der Waals surface area contributed by atoms with Crippen molar-refractivity contribution in [1.29, 1.82) is 0 Å². The van der Waals surface area contributed by atoms with Gasteiger partial charge in [0.05, 0.1) is 0 Å². The summed E-state index contributed by atoms with van der Waals surface area (Å²) in [4.78, 5) is 2.58. The van der Waals surface area contributed by atoms with E-state index in [9.17, 15) is 0 Å². The average Bonchev–Trinajstić information content (AvgIpc) is 2.60. The topological polar surface area (TPSA) is 3.24 Å². The van der Waals surface area contributed by atoms with Gasteiger partial charge >= 0.3 is 0 Å². The maximum Gasteiger partial charge on any atom is 0.00532 e. The first-order valence-electron chi connectivity index (χ1n) is 4.86. The second-order valence-electron chi connectivity index (χ2n) is 4.93. The van der Waals surface area contributed by atoms with Crippen LogP contribution in [0.15, 0.2) is 0 Å². The van der Waals surface area contributed by atoms with Crippen LogP contribution in [0, 0.1) is 11.3 Å². The summed E-state index contributed by atoms with van der Waals surface area (Å²) in [5, 5.41) is 0. The largest absolute Gasteiger partial charge is 0.300 e. The third-order valence-electron chi connectivity index (χ3n) is 3.42. The molecular formula is C10H19N. The Morgan fingerprint density at radius 2 is 1.82 bits per heavy atom. The van der Waals surface area contributed by atoms with E-state index >= 15 is 0 Å². The van der Waals surface area contributed by atoms with Crippen molar-refractivity contribution in [3.8, 4) is 0 Å². The molecule has 2 aliphatic rings. The molecule has 1 heteroatoms. The maximum atomic E-state index is 2.58. The molecule has 64 valence electrons. The lowest BCUT2D eigenvalue weighted by Crippen LogP contribution is -2.58. The number of rotatable bonds is 2. The molecule has 1 aliphatic heterocycles. The molecule has 1 saturated carbocycles. The lowest BCUT2D eigenvalue weighted by molar-refractivity contribution is -0.0241. The van der Waals surface area contributed by atoms with Crippen LogP contribution in [0.5, 0.6) is 0 Å². The standard InChI is InChI=1S/C10H19N/c1-8(2)11-6-10(3,7-11)9-4-5-9/h8-9H,4-7H2,1-3H3. The molecule has 0 aromatic carbocycles. The van der Waals surface area contributed by atoms with Crippen molar-refractivity contribution in [2.75, 3.05) is 13.1 Å². The molecule has 2 fully saturated rings. The normalized spacial score (nSPS) is 30.5. The third-order valence-corrected chi connectivity index (χ3v) is 3.42. The van der Waals surface area contributed by atoms with Gasteiger partial charge in [0.25, 0.3) is 0 Å². The number of hydrogen-bond donors (Lipinski definition) is 0. The molecule has 0 bridgehead atoms. The van der Waals surface area contributed by atoms with E-state index in [2.05, 4.69) is 25.7 Å². The van der Waals surface area contributed by atoms with Crippen LogP contribution >= 0.6 is 0 Å². The molecule has 1 saturated heterocycles. The Kier molecular flexibility index (Phi) is 1.54. The van der Waals surface area contributed by atoms with Crippen molar-refractivity contribution in [2.45, 2.75) is 39.7 Å². The van der Waals surface area contributed by atoms with E-state index < -0.39 is 0 Å². The highest BCUT2D eigenvalue weighted by Crippen LogP contribution is 2.50. The lowest BCUT2D eigenvalue weighted by atomic mass is 9.76. The average molecular weight is 153 g/mol. The maximum absolute atomic E-state index is 2.58. The van der Waals surface area contributed by atoms with E-state index in [1.165, 1.54) is 25.9 Å². The molecule has 0 aromatic heterocycles. The molecular weight excluding hydrogens is 134 g/mol. The Hall–Kier alpha value is -0.0400. The van der Waals surface area contributed by atoms with Gasteiger partial charge in [-0.25, -0.2) is 0 Å². The van der Waals surface area contributed by atoms with Crippen molar-refractivity contribution in [3.63, 3.8) is 0 Å². The zero-order valence-corrected chi connectivity index (χ0v) is 7.93. The molecule has 1 nitrogen and oxygen atoms in total. The molecule has 0 atom stereocenters. The minimum atomic E-state index is 0.713. The first-order chi connectivity index (χ1) is 5.12. The summed E-state index contributed by atoms with van der Waals surface area (Å²) in [6, 6.07) is 0.766. The predicted molar refractivity (Wildman–Crippen MR) is 47.5 cm³/mol. The highest BCUT2D eigenvalue weighted by molar-refractivity contribution is 5.01. The van der Waals surface area contributed by atoms with Crippen LogP contribution in [0.2, 0.25) is 0 Å². The fourth-order valence-electron chi connectivity index (χ4n) is 2.29. The molecule has 0 N–H and O–H groups in total. The van der Waals surface area contributed by atoms with E-state index in [1.54, 1.807) is 0 Å². The highest BCUT2D eigenvalue weighted by Gasteiger charge is 2.49. The number of nitrogens with zero attached hydrogens (tertiary/aromatic N) is 1. The van der Waals surface area contributed by atoms with Gasteiger partial charge in [-0.15, -0.1) is 0 Å². The Morgan fingerprint density at radius 1 is 1.27 bits per heavy atom. The van der Waals surface area contributed by atoms with Gasteiger partial charge in [-0.3, -0.25) is 4.90 Å². The van der Waals surface area contributed by atoms with Crippen LogP contribution in [0.3, 0.4) is 0 Å². The van der Waals surface area contributed by atoms with Crippen molar-refractivity contribution in [2.24, 2.45) is 11.3 Å². The highest BCUT2D eigenvalue weighted by atomic mass is 15.2. The Morgan fingerprint density at radius 3 is 2.18 bits per heavy atom.